The van der Waals surface area contributed by atoms with Gasteiger partial charge in [-0.3, -0.25) is 14.7 Å². The number of pyridine rings is 1. The number of aliphatic hydroxyl groups is 1. The molecular formula is C35H57N5O2. The quantitative estimate of drug-likeness (QED) is 0.202. The van der Waals surface area contributed by atoms with Crippen molar-refractivity contribution in [2.75, 3.05) is 47.5 Å². The zero-order chi connectivity index (χ0) is 31.9. The number of hydrogen-bond donors (Lipinski definition) is 3. The molecule has 2 heterocycles. The number of unbranched alkanes of at least 4 members (excludes halogenated alkanes) is 2. The Kier molecular flexibility index (Phi) is 21.3. The molecule has 42 heavy (non-hydrogen) atoms. The average molecular weight is 580 g/mol. The smallest absolute Gasteiger partial charge is 0.253 e. The number of nitrogens with zero attached hydrogens (tertiary/aromatic N) is 3. The molecule has 1 aromatic carbocycles. The Morgan fingerprint density at radius 2 is 1.74 bits per heavy atom. The van der Waals surface area contributed by atoms with Crippen LogP contribution in [-0.2, 0) is 0 Å². The van der Waals surface area contributed by atoms with Gasteiger partial charge in [-0.1, -0.05) is 83.4 Å². The van der Waals surface area contributed by atoms with Gasteiger partial charge in [-0.25, -0.2) is 0 Å². The molecule has 0 saturated heterocycles. The molecule has 0 bridgehead atoms. The predicted octanol–water partition coefficient (Wildman–Crippen LogP) is 6.72. The van der Waals surface area contributed by atoms with Crippen molar-refractivity contribution in [3.8, 4) is 0 Å². The van der Waals surface area contributed by atoms with E-state index in [4.69, 9.17) is 0 Å². The van der Waals surface area contributed by atoms with Crippen LogP contribution in [0.25, 0.3) is 11.6 Å². The summed E-state index contributed by atoms with van der Waals surface area (Å²) in [5.74, 6) is 1.08. The Labute approximate surface area is 256 Å². The molecule has 0 atom stereocenters. The summed E-state index contributed by atoms with van der Waals surface area (Å²) in [5, 5.41) is 16.2. The summed E-state index contributed by atoms with van der Waals surface area (Å²) < 4.78 is 0. The van der Waals surface area contributed by atoms with Crippen LogP contribution in [0.2, 0.25) is 0 Å². The molecule has 2 aromatic rings. The third kappa shape index (κ3) is 14.0. The van der Waals surface area contributed by atoms with Crippen LogP contribution in [0.1, 0.15) is 88.0 Å². The molecule has 0 saturated carbocycles. The minimum Gasteiger partial charge on any atom is -0.381 e. The molecule has 1 amide bonds. The van der Waals surface area contributed by atoms with Crippen molar-refractivity contribution in [2.24, 2.45) is 0 Å². The van der Waals surface area contributed by atoms with Crippen LogP contribution < -0.4 is 10.6 Å². The predicted molar refractivity (Wildman–Crippen MR) is 181 cm³/mol. The summed E-state index contributed by atoms with van der Waals surface area (Å²) in [6.07, 6.45) is 11.8. The standard InChI is InChI=1S/C22H34N4O.C9H11NO.2C2H6/c1-5-6-7-12-26(16-27)15-17(2)13-21-18(3)24-11-10-20(21)19-8-9-22(23-4)25-14-19;1-10(2)9(11)8-6-4-3-5-7-8;2*1-2/h8-11,13,23,25,27H,5-7,12,14-16H2,1-4H3;3-7H,1-2H3;2*1-2H3/b17-13+;;;. The van der Waals surface area contributed by atoms with E-state index in [2.05, 4.69) is 65.6 Å². The molecular weight excluding hydrogens is 522 g/mol. The molecule has 0 aliphatic carbocycles. The first-order valence-corrected chi connectivity index (χ1v) is 15.4. The van der Waals surface area contributed by atoms with E-state index >= 15 is 0 Å². The third-order valence-corrected chi connectivity index (χ3v) is 6.29. The molecule has 0 unspecified atom stereocenters. The average Bonchev–Trinajstić information content (AvgIpc) is 3.04. The van der Waals surface area contributed by atoms with Crippen LogP contribution >= 0.6 is 0 Å². The highest BCUT2D eigenvalue weighted by atomic mass is 16.3. The first-order valence-electron chi connectivity index (χ1n) is 15.4. The number of aryl methyl sites for hydroxylation is 1. The van der Waals surface area contributed by atoms with Crippen LogP contribution in [-0.4, -0.2) is 73.3 Å². The zero-order valence-electron chi connectivity index (χ0n) is 27.9. The number of allylic oxidation sites excluding steroid dienone is 2. The molecule has 0 fully saturated rings. The lowest BCUT2D eigenvalue weighted by atomic mass is 9.96. The fourth-order valence-electron chi connectivity index (χ4n) is 4.16. The number of rotatable bonds is 11. The largest absolute Gasteiger partial charge is 0.381 e. The molecule has 0 spiro atoms. The Morgan fingerprint density at radius 1 is 1.07 bits per heavy atom. The number of carbonyl (C=O) groups excluding carboxylic acids is 1. The van der Waals surface area contributed by atoms with Crippen LogP contribution in [0.15, 0.2) is 66.1 Å². The topological polar surface area (TPSA) is 80.7 Å². The molecule has 234 valence electrons. The van der Waals surface area contributed by atoms with Gasteiger partial charge < -0.3 is 20.6 Å². The van der Waals surface area contributed by atoms with E-state index < -0.39 is 0 Å². The zero-order valence-corrected chi connectivity index (χ0v) is 27.9. The van der Waals surface area contributed by atoms with Crippen molar-refractivity contribution < 1.29 is 9.90 Å². The van der Waals surface area contributed by atoms with E-state index in [1.54, 1.807) is 19.0 Å². The molecule has 1 aromatic heterocycles. The second-order valence-electron chi connectivity index (χ2n) is 9.69. The monoisotopic (exact) mass is 579 g/mol. The summed E-state index contributed by atoms with van der Waals surface area (Å²) in [6, 6.07) is 11.3. The van der Waals surface area contributed by atoms with Gasteiger partial charge in [0.1, 0.15) is 0 Å². The summed E-state index contributed by atoms with van der Waals surface area (Å²) in [5.41, 5.74) is 6.61. The van der Waals surface area contributed by atoms with Crippen molar-refractivity contribution >= 4 is 17.6 Å². The second-order valence-corrected chi connectivity index (χ2v) is 9.69. The minimum absolute atomic E-state index is 0.0469. The van der Waals surface area contributed by atoms with Crippen LogP contribution in [0.3, 0.4) is 0 Å². The van der Waals surface area contributed by atoms with E-state index in [9.17, 15) is 9.90 Å². The summed E-state index contributed by atoms with van der Waals surface area (Å²) >= 11 is 0. The molecule has 7 heteroatoms. The van der Waals surface area contributed by atoms with Gasteiger partial charge in [0, 0.05) is 63.8 Å². The molecule has 1 aliphatic rings. The fourth-order valence-corrected chi connectivity index (χ4v) is 4.16. The molecule has 1 aliphatic heterocycles. The first kappa shape index (κ1) is 38.6. The summed E-state index contributed by atoms with van der Waals surface area (Å²) in [6.45, 7) is 17.0. The number of benzene rings is 1. The maximum atomic E-state index is 11.3. The minimum atomic E-state index is 0.0469. The van der Waals surface area contributed by atoms with E-state index in [0.29, 0.717) is 0 Å². The van der Waals surface area contributed by atoms with Crippen molar-refractivity contribution in [3.63, 3.8) is 0 Å². The number of carbonyl (C=O) groups is 1. The molecule has 3 N–H and O–H groups in total. The van der Waals surface area contributed by atoms with Crippen LogP contribution in [0.5, 0.6) is 0 Å². The van der Waals surface area contributed by atoms with Crippen molar-refractivity contribution in [2.45, 2.75) is 67.7 Å². The maximum absolute atomic E-state index is 11.3. The second kappa shape index (κ2) is 23.2. The Balaban J connectivity index is 0.000000931. The van der Waals surface area contributed by atoms with Crippen molar-refractivity contribution in [1.82, 2.24) is 25.4 Å². The fraction of sp³-hybridized carbons (Fsp3) is 0.486. The van der Waals surface area contributed by atoms with Gasteiger partial charge in [0.05, 0.1) is 12.6 Å². The highest BCUT2D eigenvalue weighted by Crippen LogP contribution is 2.25. The number of hydrogen-bond acceptors (Lipinski definition) is 6. The Morgan fingerprint density at radius 3 is 2.26 bits per heavy atom. The molecule has 3 rings (SSSR count). The van der Waals surface area contributed by atoms with Crippen LogP contribution in [0.4, 0.5) is 0 Å². The summed E-state index contributed by atoms with van der Waals surface area (Å²) in [7, 11) is 5.41. The number of aliphatic hydroxyl groups excluding tert-OH is 1. The SMILES string of the molecule is CC.CC.CCCCCN(CO)C/C(C)=C/c1c(C2=CC=C(NC)NC2)ccnc1C.CN(C)C(=O)c1ccccc1. The first-order chi connectivity index (χ1) is 20.3. The number of amides is 1. The van der Waals surface area contributed by atoms with Gasteiger partial charge in [0.25, 0.3) is 5.91 Å². The summed E-state index contributed by atoms with van der Waals surface area (Å²) in [4.78, 5) is 19.4. The molecule has 0 radical (unpaired) electrons. The Hall–Kier alpha value is -3.42. The van der Waals surface area contributed by atoms with E-state index in [1.807, 2.05) is 71.3 Å². The Bertz CT molecular complexity index is 1110. The van der Waals surface area contributed by atoms with Gasteiger partial charge in [-0.2, -0.15) is 0 Å². The van der Waals surface area contributed by atoms with E-state index in [1.165, 1.54) is 29.6 Å². The van der Waals surface area contributed by atoms with Gasteiger partial charge in [0.2, 0.25) is 0 Å². The third-order valence-electron chi connectivity index (χ3n) is 6.29. The van der Waals surface area contributed by atoms with Gasteiger partial charge in [-0.15, -0.1) is 0 Å². The van der Waals surface area contributed by atoms with E-state index in [-0.39, 0.29) is 12.6 Å². The number of nitrogens with one attached hydrogen (secondary N) is 2. The molecule has 7 nitrogen and oxygen atoms in total. The number of aromatic nitrogens is 1. The van der Waals surface area contributed by atoms with Crippen LogP contribution in [0, 0.1) is 6.92 Å². The van der Waals surface area contributed by atoms with Crippen molar-refractivity contribution in [3.05, 3.63) is 88.5 Å². The van der Waals surface area contributed by atoms with Crippen molar-refractivity contribution in [1.29, 1.82) is 0 Å². The van der Waals surface area contributed by atoms with Gasteiger partial charge in [0.15, 0.2) is 0 Å². The number of dihydropyridines is 1. The highest BCUT2D eigenvalue weighted by Gasteiger charge is 2.13. The lowest BCUT2D eigenvalue weighted by Crippen LogP contribution is -2.28. The maximum Gasteiger partial charge on any atom is 0.253 e. The van der Waals surface area contributed by atoms with Gasteiger partial charge in [-0.05, 0) is 55.7 Å². The normalized spacial score (nSPS) is 12.1. The van der Waals surface area contributed by atoms with E-state index in [0.717, 1.165) is 48.7 Å². The highest BCUT2D eigenvalue weighted by molar-refractivity contribution is 5.93. The lowest BCUT2D eigenvalue weighted by molar-refractivity contribution is 0.0827. The van der Waals surface area contributed by atoms with Gasteiger partial charge >= 0.3 is 0 Å². The lowest BCUT2D eigenvalue weighted by Gasteiger charge is -2.21.